The number of nitrogens with zero attached hydrogens (tertiary/aromatic N) is 1. The van der Waals surface area contributed by atoms with Crippen molar-refractivity contribution in [3.8, 4) is 0 Å². The minimum Gasteiger partial charge on any atom is -0.349 e. The molecule has 1 aliphatic carbocycles. The average molecular weight is 355 g/mol. The van der Waals surface area contributed by atoms with E-state index in [1.807, 2.05) is 18.2 Å². The van der Waals surface area contributed by atoms with Crippen LogP contribution in [-0.2, 0) is 11.2 Å². The Kier molecular flexibility index (Phi) is 4.54. The molecule has 1 atom stereocenters. The van der Waals surface area contributed by atoms with E-state index in [-0.39, 0.29) is 11.9 Å². The third-order valence-corrected chi connectivity index (χ3v) is 6.49. The van der Waals surface area contributed by atoms with Gasteiger partial charge in [0.1, 0.15) is 0 Å². The number of rotatable bonds is 4. The van der Waals surface area contributed by atoms with Crippen molar-refractivity contribution in [1.82, 2.24) is 10.3 Å². The second kappa shape index (κ2) is 6.95. The topological polar surface area (TPSA) is 42.0 Å². The molecule has 0 radical (unpaired) electrons. The van der Waals surface area contributed by atoms with Crippen LogP contribution in [0.2, 0.25) is 0 Å². The smallest absolute Gasteiger partial charge is 0.230 e. The quantitative estimate of drug-likeness (QED) is 0.697. The molecule has 0 aliphatic heterocycles. The van der Waals surface area contributed by atoms with Gasteiger partial charge in [0, 0.05) is 0 Å². The number of hydrogen-bond donors (Lipinski definition) is 1. The van der Waals surface area contributed by atoms with E-state index < -0.39 is 0 Å². The van der Waals surface area contributed by atoms with Gasteiger partial charge in [-0.15, -0.1) is 11.3 Å². The van der Waals surface area contributed by atoms with Crippen molar-refractivity contribution in [3.05, 3.63) is 59.7 Å². The van der Waals surface area contributed by atoms with E-state index in [1.54, 1.807) is 11.3 Å². The van der Waals surface area contributed by atoms with Crippen LogP contribution in [0.15, 0.2) is 52.9 Å². The molecule has 1 aromatic heterocycles. The third kappa shape index (κ3) is 3.32. The highest BCUT2D eigenvalue weighted by Crippen LogP contribution is 2.31. The minimum atomic E-state index is 0.0842. The molecule has 5 heteroatoms. The van der Waals surface area contributed by atoms with E-state index >= 15 is 0 Å². The van der Waals surface area contributed by atoms with Gasteiger partial charge in [-0.2, -0.15) is 0 Å². The minimum absolute atomic E-state index is 0.0842. The maximum atomic E-state index is 12.4. The Balaban J connectivity index is 1.39. The van der Waals surface area contributed by atoms with Gasteiger partial charge in [-0.1, -0.05) is 48.2 Å². The molecule has 1 aliphatic rings. The molecule has 1 heterocycles. The van der Waals surface area contributed by atoms with Crippen LogP contribution in [0, 0.1) is 0 Å². The van der Waals surface area contributed by atoms with E-state index in [1.165, 1.54) is 27.6 Å². The van der Waals surface area contributed by atoms with Crippen LogP contribution >= 0.6 is 23.1 Å². The first kappa shape index (κ1) is 15.7. The number of fused-ring (bicyclic) bond motifs is 2. The van der Waals surface area contributed by atoms with Crippen LogP contribution in [0.5, 0.6) is 0 Å². The number of thioether (sulfide) groups is 1. The molecular formula is C19H18N2OS2. The summed E-state index contributed by atoms with van der Waals surface area (Å²) < 4.78 is 2.12. The lowest BCUT2D eigenvalue weighted by molar-refractivity contribution is -0.119. The largest absolute Gasteiger partial charge is 0.349 e. The van der Waals surface area contributed by atoms with Gasteiger partial charge in [-0.25, -0.2) is 4.98 Å². The third-order valence-electron chi connectivity index (χ3n) is 4.31. The number of para-hydroxylation sites is 1. The molecule has 24 heavy (non-hydrogen) atoms. The zero-order valence-corrected chi connectivity index (χ0v) is 14.8. The van der Waals surface area contributed by atoms with Crippen LogP contribution in [0.3, 0.4) is 0 Å². The van der Waals surface area contributed by atoms with Crippen molar-refractivity contribution in [2.75, 3.05) is 5.75 Å². The lowest BCUT2D eigenvalue weighted by Gasteiger charge is -2.26. The molecule has 0 bridgehead atoms. The van der Waals surface area contributed by atoms with Crippen LogP contribution in [0.4, 0.5) is 0 Å². The van der Waals surface area contributed by atoms with Crippen molar-refractivity contribution in [1.29, 1.82) is 0 Å². The molecule has 122 valence electrons. The Morgan fingerprint density at radius 2 is 2.04 bits per heavy atom. The monoisotopic (exact) mass is 354 g/mol. The number of hydrogen-bond acceptors (Lipinski definition) is 4. The molecule has 1 N–H and O–H groups in total. The standard InChI is InChI=1S/C19H18N2OS2/c22-18(12-23-19-21-16-9-3-4-11-17(16)24-19)20-15-10-5-7-13-6-1-2-8-14(13)15/h1-4,6,8-9,11,15H,5,7,10,12H2,(H,20,22)/t15-/m1/s1. The highest BCUT2D eigenvalue weighted by Gasteiger charge is 2.21. The number of thiazole rings is 1. The summed E-state index contributed by atoms with van der Waals surface area (Å²) in [6, 6.07) is 16.7. The number of carbonyl (C=O) groups is 1. The maximum Gasteiger partial charge on any atom is 0.230 e. The maximum absolute atomic E-state index is 12.4. The van der Waals surface area contributed by atoms with E-state index in [4.69, 9.17) is 0 Å². The Labute approximate surface area is 149 Å². The van der Waals surface area contributed by atoms with Crippen molar-refractivity contribution in [3.63, 3.8) is 0 Å². The highest BCUT2D eigenvalue weighted by atomic mass is 32.2. The van der Waals surface area contributed by atoms with E-state index in [0.29, 0.717) is 5.75 Å². The summed E-state index contributed by atoms with van der Waals surface area (Å²) in [6.07, 6.45) is 3.27. The molecule has 1 amide bonds. The molecule has 3 nitrogen and oxygen atoms in total. The second-order valence-electron chi connectivity index (χ2n) is 5.95. The summed E-state index contributed by atoms with van der Waals surface area (Å²) in [5.74, 6) is 0.499. The SMILES string of the molecule is O=C(CSc1nc2ccccc2s1)N[C@@H]1CCCc2ccccc21. The first-order chi connectivity index (χ1) is 11.8. The number of amides is 1. The molecule has 2 aromatic carbocycles. The van der Waals surface area contributed by atoms with Gasteiger partial charge >= 0.3 is 0 Å². The molecule has 0 saturated heterocycles. The zero-order chi connectivity index (χ0) is 16.4. The van der Waals surface area contributed by atoms with Crippen molar-refractivity contribution < 1.29 is 4.79 Å². The fourth-order valence-corrected chi connectivity index (χ4v) is 5.06. The number of aromatic nitrogens is 1. The summed E-state index contributed by atoms with van der Waals surface area (Å²) in [6.45, 7) is 0. The lowest BCUT2D eigenvalue weighted by Crippen LogP contribution is -2.32. The molecule has 3 aromatic rings. The Bertz CT molecular complexity index is 841. The van der Waals surface area contributed by atoms with Crippen LogP contribution in [-0.4, -0.2) is 16.6 Å². The second-order valence-corrected chi connectivity index (χ2v) is 8.20. The number of benzene rings is 2. The summed E-state index contributed by atoms with van der Waals surface area (Å²) >= 11 is 3.17. The van der Waals surface area contributed by atoms with Gasteiger partial charge in [0.25, 0.3) is 0 Å². The van der Waals surface area contributed by atoms with Crippen molar-refractivity contribution >= 4 is 39.2 Å². The van der Waals surface area contributed by atoms with Crippen molar-refractivity contribution in [2.24, 2.45) is 0 Å². The predicted octanol–water partition coefficient (Wildman–Crippen LogP) is 4.58. The normalized spacial score (nSPS) is 16.8. The highest BCUT2D eigenvalue weighted by molar-refractivity contribution is 8.01. The Hall–Kier alpha value is -1.85. The first-order valence-electron chi connectivity index (χ1n) is 8.15. The molecule has 4 rings (SSSR count). The Morgan fingerprint density at radius 3 is 2.96 bits per heavy atom. The van der Waals surface area contributed by atoms with Crippen LogP contribution in [0.25, 0.3) is 10.2 Å². The van der Waals surface area contributed by atoms with Gasteiger partial charge in [-0.05, 0) is 42.5 Å². The fraction of sp³-hybridized carbons (Fsp3) is 0.263. The zero-order valence-electron chi connectivity index (χ0n) is 13.2. The number of carbonyl (C=O) groups excluding carboxylic acids is 1. The van der Waals surface area contributed by atoms with Gasteiger partial charge in [0.2, 0.25) is 5.91 Å². The van der Waals surface area contributed by atoms with E-state index in [2.05, 4.69) is 40.6 Å². The van der Waals surface area contributed by atoms with Crippen LogP contribution < -0.4 is 5.32 Å². The molecular weight excluding hydrogens is 336 g/mol. The summed E-state index contributed by atoms with van der Waals surface area (Å²) in [7, 11) is 0. The molecule has 0 fully saturated rings. The summed E-state index contributed by atoms with van der Waals surface area (Å²) in [4.78, 5) is 16.9. The Morgan fingerprint density at radius 1 is 1.21 bits per heavy atom. The van der Waals surface area contributed by atoms with E-state index in [9.17, 15) is 4.79 Å². The summed E-state index contributed by atoms with van der Waals surface area (Å²) in [5, 5.41) is 3.20. The van der Waals surface area contributed by atoms with E-state index in [0.717, 1.165) is 29.1 Å². The summed E-state index contributed by atoms with van der Waals surface area (Å²) in [5.41, 5.74) is 3.65. The number of aryl methyl sites for hydroxylation is 1. The van der Waals surface area contributed by atoms with Gasteiger partial charge in [-0.3, -0.25) is 4.79 Å². The predicted molar refractivity (Wildman–Crippen MR) is 101 cm³/mol. The molecule has 0 saturated carbocycles. The molecule has 0 unspecified atom stereocenters. The van der Waals surface area contributed by atoms with Crippen molar-refractivity contribution in [2.45, 2.75) is 29.6 Å². The van der Waals surface area contributed by atoms with Gasteiger partial charge < -0.3 is 5.32 Å². The average Bonchev–Trinajstić information content (AvgIpc) is 3.03. The fourth-order valence-electron chi connectivity index (χ4n) is 3.18. The van der Waals surface area contributed by atoms with Crippen LogP contribution in [0.1, 0.15) is 30.0 Å². The molecule has 0 spiro atoms. The number of nitrogens with one attached hydrogen (secondary N) is 1. The first-order valence-corrected chi connectivity index (χ1v) is 9.95. The lowest BCUT2D eigenvalue weighted by atomic mass is 9.88. The van der Waals surface area contributed by atoms with Gasteiger partial charge in [0.05, 0.1) is 22.0 Å². The van der Waals surface area contributed by atoms with Gasteiger partial charge in [0.15, 0.2) is 4.34 Å².